The van der Waals surface area contributed by atoms with Gasteiger partial charge in [-0.15, -0.1) is 6.58 Å². The molecule has 0 atom stereocenters. The maximum absolute atomic E-state index is 12.0. The van der Waals surface area contributed by atoms with Crippen molar-refractivity contribution in [2.24, 2.45) is 0 Å². The van der Waals surface area contributed by atoms with Gasteiger partial charge in [0.15, 0.2) is 0 Å². The smallest absolute Gasteiger partial charge is 0.275 e. The van der Waals surface area contributed by atoms with Gasteiger partial charge < -0.3 is 10.6 Å². The number of halogens is 2. The fraction of sp³-hybridized carbons (Fsp3) is 0.0714. The van der Waals surface area contributed by atoms with E-state index in [9.17, 15) is 4.79 Å². The van der Waals surface area contributed by atoms with Crippen molar-refractivity contribution in [2.75, 3.05) is 17.2 Å². The predicted octanol–water partition coefficient (Wildman–Crippen LogP) is 3.63. The lowest BCUT2D eigenvalue weighted by atomic mass is 10.3. The first-order valence-corrected chi connectivity index (χ1v) is 6.78. The van der Waals surface area contributed by atoms with E-state index in [1.54, 1.807) is 24.3 Å². The van der Waals surface area contributed by atoms with Gasteiger partial charge in [-0.2, -0.15) is 0 Å². The summed E-state index contributed by atoms with van der Waals surface area (Å²) in [7, 11) is 0. The van der Waals surface area contributed by atoms with Gasteiger partial charge in [0, 0.05) is 22.3 Å². The first kappa shape index (κ1) is 15.3. The molecule has 1 heterocycles. The first-order chi connectivity index (χ1) is 10.1. The van der Waals surface area contributed by atoms with Crippen molar-refractivity contribution < 1.29 is 4.79 Å². The number of hydrogen-bond donors (Lipinski definition) is 2. The minimum atomic E-state index is -0.392. The summed E-state index contributed by atoms with van der Waals surface area (Å²) in [5.41, 5.74) is 0.684. The van der Waals surface area contributed by atoms with Gasteiger partial charge in [0.2, 0.25) is 0 Å². The Kier molecular flexibility index (Phi) is 5.14. The van der Waals surface area contributed by atoms with E-state index < -0.39 is 5.91 Å². The van der Waals surface area contributed by atoms with Gasteiger partial charge in [-0.3, -0.25) is 4.79 Å². The third-order valence-corrected chi connectivity index (χ3v) is 2.87. The fourth-order valence-corrected chi connectivity index (χ4v) is 2.06. The normalized spacial score (nSPS) is 10.0. The highest BCUT2D eigenvalue weighted by molar-refractivity contribution is 6.35. The number of anilines is 2. The van der Waals surface area contributed by atoms with Crippen LogP contribution in [0.3, 0.4) is 0 Å². The summed E-state index contributed by atoms with van der Waals surface area (Å²) in [5, 5.41) is 6.50. The molecule has 0 saturated carbocycles. The number of hydrogen-bond acceptors (Lipinski definition) is 4. The maximum Gasteiger partial charge on any atom is 0.275 e. The second-order valence-electron chi connectivity index (χ2n) is 4.07. The van der Waals surface area contributed by atoms with Gasteiger partial charge in [-0.05, 0) is 18.2 Å². The Bertz CT molecular complexity index is 638. The molecule has 2 N–H and O–H groups in total. The molecule has 108 valence electrons. The van der Waals surface area contributed by atoms with Crippen LogP contribution in [0.2, 0.25) is 10.0 Å². The maximum atomic E-state index is 12.0. The van der Waals surface area contributed by atoms with E-state index in [1.807, 2.05) is 0 Å². The van der Waals surface area contributed by atoms with Gasteiger partial charge in [0.05, 0.1) is 12.4 Å². The van der Waals surface area contributed by atoms with Crippen LogP contribution in [0.4, 0.5) is 11.5 Å². The van der Waals surface area contributed by atoms with E-state index in [-0.39, 0.29) is 5.69 Å². The van der Waals surface area contributed by atoms with E-state index in [0.717, 1.165) is 0 Å². The standard InChI is InChI=1S/C14H12Cl2N4O/c1-2-3-17-13-8-18-12(7-19-13)14(21)20-11-5-9(15)4-10(16)6-11/h2,4-8H,1,3H2,(H,17,19)(H,20,21). The van der Waals surface area contributed by atoms with E-state index in [1.165, 1.54) is 12.4 Å². The predicted molar refractivity (Wildman–Crippen MR) is 85.1 cm³/mol. The summed E-state index contributed by atoms with van der Waals surface area (Å²) in [4.78, 5) is 20.1. The Balaban J connectivity index is 2.07. The average Bonchev–Trinajstić information content (AvgIpc) is 2.44. The summed E-state index contributed by atoms with van der Waals surface area (Å²) in [6.45, 7) is 4.16. The van der Waals surface area contributed by atoms with Gasteiger partial charge in [0.25, 0.3) is 5.91 Å². The second kappa shape index (κ2) is 7.06. The van der Waals surface area contributed by atoms with Crippen molar-refractivity contribution in [3.8, 4) is 0 Å². The number of benzene rings is 1. The van der Waals surface area contributed by atoms with Gasteiger partial charge in [0.1, 0.15) is 11.5 Å². The molecule has 0 radical (unpaired) electrons. The molecule has 1 aromatic heterocycles. The zero-order valence-corrected chi connectivity index (χ0v) is 12.4. The van der Waals surface area contributed by atoms with Gasteiger partial charge in [-0.25, -0.2) is 9.97 Å². The van der Waals surface area contributed by atoms with E-state index in [2.05, 4.69) is 27.2 Å². The third-order valence-electron chi connectivity index (χ3n) is 2.43. The molecule has 0 spiro atoms. The molecule has 1 aromatic carbocycles. The van der Waals surface area contributed by atoms with Gasteiger partial charge in [-0.1, -0.05) is 29.3 Å². The summed E-state index contributed by atoms with van der Waals surface area (Å²) < 4.78 is 0. The minimum absolute atomic E-state index is 0.190. The molecule has 0 aliphatic rings. The lowest BCUT2D eigenvalue weighted by molar-refractivity contribution is 0.102. The second-order valence-corrected chi connectivity index (χ2v) is 4.94. The Morgan fingerprint density at radius 2 is 1.90 bits per heavy atom. The topological polar surface area (TPSA) is 66.9 Å². The Hall–Kier alpha value is -2.11. The molecule has 0 saturated heterocycles. The molecule has 2 aromatic rings. The highest BCUT2D eigenvalue weighted by Gasteiger charge is 2.09. The largest absolute Gasteiger partial charge is 0.365 e. The number of carbonyl (C=O) groups is 1. The summed E-state index contributed by atoms with van der Waals surface area (Å²) in [6, 6.07) is 4.77. The summed E-state index contributed by atoms with van der Waals surface area (Å²) in [5.74, 6) is 0.174. The van der Waals surface area contributed by atoms with Crippen molar-refractivity contribution in [1.82, 2.24) is 9.97 Å². The summed E-state index contributed by atoms with van der Waals surface area (Å²) in [6.07, 6.45) is 4.56. The highest BCUT2D eigenvalue weighted by atomic mass is 35.5. The average molecular weight is 323 g/mol. The molecule has 0 aliphatic heterocycles. The lowest BCUT2D eigenvalue weighted by Gasteiger charge is -2.06. The summed E-state index contributed by atoms with van der Waals surface area (Å²) >= 11 is 11.7. The zero-order chi connectivity index (χ0) is 15.2. The number of aromatic nitrogens is 2. The molecule has 0 fully saturated rings. The fourth-order valence-electron chi connectivity index (χ4n) is 1.53. The van der Waals surface area contributed by atoms with Crippen LogP contribution in [0, 0.1) is 0 Å². The Morgan fingerprint density at radius 1 is 1.19 bits per heavy atom. The van der Waals surface area contributed by atoms with Gasteiger partial charge >= 0.3 is 0 Å². The van der Waals surface area contributed by atoms with Crippen LogP contribution in [-0.2, 0) is 0 Å². The monoisotopic (exact) mass is 322 g/mol. The first-order valence-electron chi connectivity index (χ1n) is 6.03. The van der Waals surface area contributed by atoms with Crippen LogP contribution in [0.5, 0.6) is 0 Å². The molecule has 5 nitrogen and oxygen atoms in total. The lowest BCUT2D eigenvalue weighted by Crippen LogP contribution is -2.14. The molecular formula is C14H12Cl2N4O. The molecule has 1 amide bonds. The zero-order valence-electron chi connectivity index (χ0n) is 10.9. The molecule has 0 aliphatic carbocycles. The molecule has 7 heteroatoms. The quantitative estimate of drug-likeness (QED) is 0.825. The van der Waals surface area contributed by atoms with E-state index in [0.29, 0.717) is 28.1 Å². The van der Waals surface area contributed by atoms with Crippen LogP contribution in [-0.4, -0.2) is 22.4 Å². The number of nitrogens with one attached hydrogen (secondary N) is 2. The van der Waals surface area contributed by atoms with E-state index in [4.69, 9.17) is 23.2 Å². The molecular weight excluding hydrogens is 311 g/mol. The van der Waals surface area contributed by atoms with Crippen LogP contribution >= 0.6 is 23.2 Å². The molecule has 0 unspecified atom stereocenters. The van der Waals surface area contributed by atoms with Crippen molar-refractivity contribution in [3.63, 3.8) is 0 Å². The number of carbonyl (C=O) groups excluding carboxylic acids is 1. The Labute approximate surface area is 132 Å². The highest BCUT2D eigenvalue weighted by Crippen LogP contribution is 2.22. The molecule has 0 bridgehead atoms. The van der Waals surface area contributed by atoms with Crippen molar-refractivity contribution in [3.05, 3.63) is 59.0 Å². The number of rotatable bonds is 5. The number of nitrogens with zero attached hydrogens (tertiary/aromatic N) is 2. The number of amides is 1. The molecule has 21 heavy (non-hydrogen) atoms. The van der Waals surface area contributed by atoms with Crippen LogP contribution in [0.1, 0.15) is 10.5 Å². The van der Waals surface area contributed by atoms with Crippen LogP contribution < -0.4 is 10.6 Å². The van der Waals surface area contributed by atoms with Crippen molar-refractivity contribution in [1.29, 1.82) is 0 Å². The molecule has 2 rings (SSSR count). The third kappa shape index (κ3) is 4.44. The van der Waals surface area contributed by atoms with E-state index >= 15 is 0 Å². The van der Waals surface area contributed by atoms with Crippen molar-refractivity contribution in [2.45, 2.75) is 0 Å². The van der Waals surface area contributed by atoms with Crippen LogP contribution in [0.25, 0.3) is 0 Å². The SMILES string of the molecule is C=CCNc1cnc(C(=O)Nc2cc(Cl)cc(Cl)c2)cn1. The Morgan fingerprint density at radius 3 is 2.48 bits per heavy atom. The minimum Gasteiger partial charge on any atom is -0.365 e. The van der Waals surface area contributed by atoms with Crippen molar-refractivity contribution >= 4 is 40.6 Å². The van der Waals surface area contributed by atoms with Crippen LogP contribution in [0.15, 0.2) is 43.2 Å².